The van der Waals surface area contributed by atoms with E-state index in [1.54, 1.807) is 6.20 Å². The van der Waals surface area contributed by atoms with Crippen molar-refractivity contribution < 1.29 is 14.1 Å². The molecule has 3 aromatic rings. The summed E-state index contributed by atoms with van der Waals surface area (Å²) in [5, 5.41) is 7.64. The summed E-state index contributed by atoms with van der Waals surface area (Å²) in [7, 11) is 0. The van der Waals surface area contributed by atoms with E-state index in [1.807, 2.05) is 30.3 Å². The van der Waals surface area contributed by atoms with E-state index in [9.17, 15) is 4.79 Å². The van der Waals surface area contributed by atoms with Crippen LogP contribution < -0.4 is 10.1 Å². The van der Waals surface area contributed by atoms with Crippen molar-refractivity contribution in [3.63, 3.8) is 0 Å². The number of carbonyl (C=O) groups excluding carboxylic acids is 1. The molecule has 4 rings (SSSR count). The summed E-state index contributed by atoms with van der Waals surface area (Å²) in [6.45, 7) is 0.107. The maximum absolute atomic E-state index is 12.0. The second-order valence-electron chi connectivity index (χ2n) is 5.74. The zero-order chi connectivity index (χ0) is 16.4. The third-order valence-electron chi connectivity index (χ3n) is 4.06. The Morgan fingerprint density at radius 2 is 2.17 bits per heavy atom. The van der Waals surface area contributed by atoms with E-state index in [4.69, 9.17) is 9.26 Å². The minimum absolute atomic E-state index is 0.0310. The molecule has 0 atom stereocenters. The second kappa shape index (κ2) is 6.27. The first kappa shape index (κ1) is 14.6. The van der Waals surface area contributed by atoms with Crippen molar-refractivity contribution in [2.75, 3.05) is 0 Å². The monoisotopic (exact) mass is 324 g/mol. The minimum Gasteiger partial charge on any atom is -0.483 e. The summed E-state index contributed by atoms with van der Waals surface area (Å²) in [6.07, 6.45) is 4.87. The van der Waals surface area contributed by atoms with E-state index >= 15 is 0 Å². The van der Waals surface area contributed by atoms with Crippen LogP contribution in [0.5, 0.6) is 5.75 Å². The van der Waals surface area contributed by atoms with Gasteiger partial charge in [-0.05, 0) is 31.4 Å². The van der Waals surface area contributed by atoms with Crippen molar-refractivity contribution in [1.29, 1.82) is 0 Å². The Labute approximate surface area is 138 Å². The van der Waals surface area contributed by atoms with Gasteiger partial charge in [-0.3, -0.25) is 9.78 Å². The molecular formula is C17H16N4O3. The van der Waals surface area contributed by atoms with Crippen molar-refractivity contribution >= 4 is 16.8 Å². The fourth-order valence-corrected chi connectivity index (χ4v) is 2.54. The largest absolute Gasteiger partial charge is 0.483 e. The zero-order valence-electron chi connectivity index (χ0n) is 12.9. The first-order valence-electron chi connectivity index (χ1n) is 7.89. The molecular weight excluding hydrogens is 308 g/mol. The highest BCUT2D eigenvalue weighted by Crippen LogP contribution is 2.23. The molecule has 1 saturated carbocycles. The Kier molecular flexibility index (Phi) is 3.82. The molecule has 2 heterocycles. The van der Waals surface area contributed by atoms with Crippen molar-refractivity contribution in [3.05, 3.63) is 48.2 Å². The molecule has 1 aromatic carbocycles. The van der Waals surface area contributed by atoms with E-state index < -0.39 is 0 Å². The van der Waals surface area contributed by atoms with E-state index in [-0.39, 0.29) is 24.4 Å². The molecule has 7 nitrogen and oxygen atoms in total. The van der Waals surface area contributed by atoms with Crippen molar-refractivity contribution in [3.8, 4) is 5.75 Å². The lowest BCUT2D eigenvalue weighted by Crippen LogP contribution is -2.39. The average Bonchev–Trinajstić information content (AvgIpc) is 3.05. The molecule has 1 N–H and O–H groups in total. The molecule has 1 aliphatic carbocycles. The van der Waals surface area contributed by atoms with Crippen LogP contribution in [0.25, 0.3) is 10.9 Å². The molecule has 0 unspecified atom stereocenters. The lowest BCUT2D eigenvalue weighted by Gasteiger charge is -2.25. The molecule has 0 saturated heterocycles. The summed E-state index contributed by atoms with van der Waals surface area (Å²) < 4.78 is 10.7. The molecule has 0 aliphatic heterocycles. The van der Waals surface area contributed by atoms with Crippen molar-refractivity contribution in [2.24, 2.45) is 0 Å². The molecule has 1 amide bonds. The number of hydrogen-bond donors (Lipinski definition) is 1. The SMILES string of the molecule is O=C(NC1CCC1)c1nc(COc2cccc3cccnc23)no1. The predicted octanol–water partition coefficient (Wildman–Crippen LogP) is 2.48. The van der Waals surface area contributed by atoms with Gasteiger partial charge in [0.15, 0.2) is 6.61 Å². The fourth-order valence-electron chi connectivity index (χ4n) is 2.54. The van der Waals surface area contributed by atoms with Gasteiger partial charge in [0.05, 0.1) is 0 Å². The first-order valence-corrected chi connectivity index (χ1v) is 7.89. The Morgan fingerprint density at radius 3 is 3.00 bits per heavy atom. The standard InChI is InChI=1S/C17H16N4O3/c22-16(19-12-6-2-7-12)17-20-14(21-24-17)10-23-13-8-1-4-11-5-3-9-18-15(11)13/h1,3-5,8-9,12H,2,6-7,10H2,(H,19,22). The highest BCUT2D eigenvalue weighted by atomic mass is 16.5. The number of para-hydroxylation sites is 1. The predicted molar refractivity (Wildman–Crippen MR) is 85.5 cm³/mol. The number of carbonyl (C=O) groups is 1. The van der Waals surface area contributed by atoms with Crippen LogP contribution in [-0.4, -0.2) is 27.1 Å². The number of benzene rings is 1. The number of fused-ring (bicyclic) bond motifs is 1. The van der Waals surface area contributed by atoms with E-state index in [0.717, 1.165) is 30.2 Å². The smallest absolute Gasteiger partial charge is 0.316 e. The Hall–Kier alpha value is -2.96. The third-order valence-corrected chi connectivity index (χ3v) is 4.06. The molecule has 24 heavy (non-hydrogen) atoms. The fraction of sp³-hybridized carbons (Fsp3) is 0.294. The molecule has 0 radical (unpaired) electrons. The summed E-state index contributed by atoms with van der Waals surface area (Å²) in [6, 6.07) is 9.76. The van der Waals surface area contributed by atoms with Gasteiger partial charge in [-0.1, -0.05) is 23.4 Å². The number of aromatic nitrogens is 3. The van der Waals surface area contributed by atoms with Gasteiger partial charge in [0.1, 0.15) is 11.3 Å². The van der Waals surface area contributed by atoms with Crippen LogP contribution in [0.1, 0.15) is 35.8 Å². The highest BCUT2D eigenvalue weighted by molar-refractivity contribution is 5.89. The number of nitrogens with one attached hydrogen (secondary N) is 1. The van der Waals surface area contributed by atoms with E-state index in [0.29, 0.717) is 11.6 Å². The van der Waals surface area contributed by atoms with Gasteiger partial charge in [-0.25, -0.2) is 0 Å². The molecule has 2 aromatic heterocycles. The second-order valence-corrected chi connectivity index (χ2v) is 5.74. The van der Waals surface area contributed by atoms with Crippen molar-refractivity contribution in [1.82, 2.24) is 20.4 Å². The number of nitrogens with zero attached hydrogens (tertiary/aromatic N) is 3. The summed E-state index contributed by atoms with van der Waals surface area (Å²) in [5.74, 6) is 0.599. The van der Waals surface area contributed by atoms with Crippen LogP contribution in [0.2, 0.25) is 0 Å². The summed E-state index contributed by atoms with van der Waals surface area (Å²) >= 11 is 0. The van der Waals surface area contributed by atoms with Gasteiger partial charge in [0.25, 0.3) is 0 Å². The average molecular weight is 324 g/mol. The van der Waals surface area contributed by atoms with Gasteiger partial charge in [-0.15, -0.1) is 0 Å². The summed E-state index contributed by atoms with van der Waals surface area (Å²) in [5.41, 5.74) is 0.770. The zero-order valence-corrected chi connectivity index (χ0v) is 12.9. The van der Waals surface area contributed by atoms with Gasteiger partial charge < -0.3 is 14.6 Å². The Bertz CT molecular complexity index is 868. The number of pyridine rings is 1. The molecule has 7 heteroatoms. The Balaban J connectivity index is 1.43. The minimum atomic E-state index is -0.328. The van der Waals surface area contributed by atoms with Crippen LogP contribution in [0.3, 0.4) is 0 Å². The molecule has 1 aliphatic rings. The highest BCUT2D eigenvalue weighted by Gasteiger charge is 2.23. The van der Waals surface area contributed by atoms with Crippen LogP contribution in [-0.2, 0) is 6.61 Å². The molecule has 0 spiro atoms. The van der Waals surface area contributed by atoms with Crippen LogP contribution >= 0.6 is 0 Å². The number of ether oxygens (including phenoxy) is 1. The number of amides is 1. The maximum atomic E-state index is 12.0. The molecule has 1 fully saturated rings. The normalized spacial score (nSPS) is 14.3. The van der Waals surface area contributed by atoms with E-state index in [2.05, 4.69) is 20.4 Å². The van der Waals surface area contributed by atoms with Gasteiger partial charge >= 0.3 is 11.8 Å². The number of hydrogen-bond acceptors (Lipinski definition) is 6. The van der Waals surface area contributed by atoms with Crippen molar-refractivity contribution in [2.45, 2.75) is 31.9 Å². The third kappa shape index (κ3) is 2.92. The summed E-state index contributed by atoms with van der Waals surface area (Å²) in [4.78, 5) is 20.4. The first-order chi connectivity index (χ1) is 11.8. The lowest BCUT2D eigenvalue weighted by molar-refractivity contribution is 0.0872. The molecule has 0 bridgehead atoms. The molecule has 122 valence electrons. The van der Waals surface area contributed by atoms with Crippen LogP contribution in [0, 0.1) is 0 Å². The quantitative estimate of drug-likeness (QED) is 0.775. The van der Waals surface area contributed by atoms with Crippen LogP contribution in [0.4, 0.5) is 0 Å². The van der Waals surface area contributed by atoms with Gasteiger partial charge in [0.2, 0.25) is 5.82 Å². The number of rotatable bonds is 5. The Morgan fingerprint density at radius 1 is 1.29 bits per heavy atom. The van der Waals surface area contributed by atoms with E-state index in [1.165, 1.54) is 0 Å². The van der Waals surface area contributed by atoms with Gasteiger partial charge in [-0.2, -0.15) is 4.98 Å². The maximum Gasteiger partial charge on any atom is 0.316 e. The van der Waals surface area contributed by atoms with Crippen LogP contribution in [0.15, 0.2) is 41.1 Å². The lowest BCUT2D eigenvalue weighted by atomic mass is 9.93. The topological polar surface area (TPSA) is 90.1 Å². The van der Waals surface area contributed by atoms with Gasteiger partial charge in [0, 0.05) is 17.6 Å².